The van der Waals surface area contributed by atoms with Crippen molar-refractivity contribution in [2.75, 3.05) is 31.6 Å². The molecule has 1 atom stereocenters. The van der Waals surface area contributed by atoms with Gasteiger partial charge in [-0.15, -0.1) is 0 Å². The number of hydrogen-bond donors (Lipinski definition) is 0. The predicted octanol–water partition coefficient (Wildman–Crippen LogP) is 3.78. The van der Waals surface area contributed by atoms with Crippen LogP contribution in [0.25, 0.3) is 0 Å². The van der Waals surface area contributed by atoms with E-state index in [9.17, 15) is 8.78 Å². The molecule has 1 aliphatic rings. The highest BCUT2D eigenvalue weighted by atomic mass is 79.9. The fourth-order valence-electron chi connectivity index (χ4n) is 2.99. The Morgan fingerprint density at radius 1 is 1.35 bits per heavy atom. The summed E-state index contributed by atoms with van der Waals surface area (Å²) in [5.41, 5.74) is 0.700. The summed E-state index contributed by atoms with van der Waals surface area (Å²) >= 11 is 3.22. The van der Waals surface area contributed by atoms with Crippen LogP contribution in [0.1, 0.15) is 25.3 Å². The van der Waals surface area contributed by atoms with Crippen LogP contribution in [-0.4, -0.2) is 37.6 Å². The highest BCUT2D eigenvalue weighted by molar-refractivity contribution is 9.08. The van der Waals surface area contributed by atoms with E-state index in [1.807, 2.05) is 0 Å². The fourth-order valence-corrected chi connectivity index (χ4v) is 3.31. The molecule has 1 saturated heterocycles. The molecule has 5 heteroatoms. The van der Waals surface area contributed by atoms with Gasteiger partial charge in [0.15, 0.2) is 0 Å². The number of nitrogens with zero attached hydrogens (tertiary/aromatic N) is 2. The van der Waals surface area contributed by atoms with Gasteiger partial charge in [-0.1, -0.05) is 22.9 Å². The van der Waals surface area contributed by atoms with Crippen molar-refractivity contribution in [3.05, 3.63) is 29.3 Å². The van der Waals surface area contributed by atoms with Crippen LogP contribution in [0.4, 0.5) is 14.5 Å². The van der Waals surface area contributed by atoms with Crippen molar-refractivity contribution in [2.45, 2.75) is 31.1 Å². The first-order valence-electron chi connectivity index (χ1n) is 7.05. The second-order valence-corrected chi connectivity index (χ2v) is 5.91. The zero-order valence-electron chi connectivity index (χ0n) is 12.0. The monoisotopic (exact) mass is 346 g/mol. The van der Waals surface area contributed by atoms with Crippen molar-refractivity contribution < 1.29 is 8.78 Å². The number of hydrogen-bond acceptors (Lipinski definition) is 2. The lowest BCUT2D eigenvalue weighted by Gasteiger charge is -2.29. The standard InChI is InChI=1S/C15H21BrF2N2/c1-3-20-6-4-5-12(20)10-19(2)15-13(17)7-11(9-16)8-14(15)18/h7-8,12H,3-6,9-10H2,1-2H3. The lowest BCUT2D eigenvalue weighted by atomic mass is 10.1. The van der Waals surface area contributed by atoms with Crippen molar-refractivity contribution in [3.63, 3.8) is 0 Å². The molecule has 112 valence electrons. The van der Waals surface area contributed by atoms with Gasteiger partial charge >= 0.3 is 0 Å². The van der Waals surface area contributed by atoms with Gasteiger partial charge in [0.1, 0.15) is 17.3 Å². The summed E-state index contributed by atoms with van der Waals surface area (Å²) in [4.78, 5) is 4.08. The second-order valence-electron chi connectivity index (χ2n) is 5.35. The maximum atomic E-state index is 14.1. The zero-order valence-corrected chi connectivity index (χ0v) is 13.6. The summed E-state index contributed by atoms with van der Waals surface area (Å²) in [5, 5.41) is 0.455. The Labute approximate surface area is 127 Å². The molecule has 1 heterocycles. The third-order valence-electron chi connectivity index (χ3n) is 4.00. The maximum Gasteiger partial charge on any atom is 0.149 e. The molecule has 2 nitrogen and oxygen atoms in total. The summed E-state index contributed by atoms with van der Waals surface area (Å²) in [7, 11) is 1.77. The molecule has 1 unspecified atom stereocenters. The highest BCUT2D eigenvalue weighted by Crippen LogP contribution is 2.27. The summed E-state index contributed by atoms with van der Waals surface area (Å²) in [6, 6.07) is 3.19. The SMILES string of the molecule is CCN1CCCC1CN(C)c1c(F)cc(CBr)cc1F. The Hall–Kier alpha value is -0.680. The van der Waals surface area contributed by atoms with Crippen molar-refractivity contribution in [3.8, 4) is 0 Å². The first-order chi connectivity index (χ1) is 9.56. The number of benzene rings is 1. The fraction of sp³-hybridized carbons (Fsp3) is 0.600. The number of likely N-dealkylation sites (tertiary alicyclic amines) is 1. The van der Waals surface area contributed by atoms with E-state index in [1.54, 1.807) is 11.9 Å². The van der Waals surface area contributed by atoms with Gasteiger partial charge < -0.3 is 4.90 Å². The van der Waals surface area contributed by atoms with Crippen LogP contribution in [0.2, 0.25) is 0 Å². The van der Waals surface area contributed by atoms with Gasteiger partial charge in [0.2, 0.25) is 0 Å². The van der Waals surface area contributed by atoms with Crippen molar-refractivity contribution in [1.82, 2.24) is 4.90 Å². The predicted molar refractivity (Wildman–Crippen MR) is 82.5 cm³/mol. The lowest BCUT2D eigenvalue weighted by molar-refractivity contribution is 0.270. The Balaban J connectivity index is 2.15. The first kappa shape index (κ1) is 15.7. The largest absolute Gasteiger partial charge is 0.368 e. The van der Waals surface area contributed by atoms with Crippen LogP contribution in [0.15, 0.2) is 12.1 Å². The van der Waals surface area contributed by atoms with E-state index < -0.39 is 11.6 Å². The normalized spacial score (nSPS) is 19.6. The van der Waals surface area contributed by atoms with Gasteiger partial charge in [0.25, 0.3) is 0 Å². The zero-order chi connectivity index (χ0) is 14.7. The number of halogens is 3. The average molecular weight is 347 g/mol. The first-order valence-corrected chi connectivity index (χ1v) is 8.18. The lowest BCUT2D eigenvalue weighted by Crippen LogP contribution is -2.39. The minimum Gasteiger partial charge on any atom is -0.368 e. The molecule has 1 aliphatic heterocycles. The van der Waals surface area contributed by atoms with E-state index in [2.05, 4.69) is 27.8 Å². The molecule has 0 spiro atoms. The van der Waals surface area contributed by atoms with Crippen LogP contribution in [0, 0.1) is 11.6 Å². The molecule has 20 heavy (non-hydrogen) atoms. The van der Waals surface area contributed by atoms with Gasteiger partial charge in [-0.3, -0.25) is 4.90 Å². The van der Waals surface area contributed by atoms with E-state index in [0.717, 1.165) is 19.5 Å². The van der Waals surface area contributed by atoms with Crippen LogP contribution in [-0.2, 0) is 5.33 Å². The van der Waals surface area contributed by atoms with Crippen LogP contribution >= 0.6 is 15.9 Å². The Bertz CT molecular complexity index is 444. The Morgan fingerprint density at radius 2 is 2.00 bits per heavy atom. The molecule has 0 radical (unpaired) electrons. The van der Waals surface area contributed by atoms with Crippen LogP contribution in [0.3, 0.4) is 0 Å². The van der Waals surface area contributed by atoms with Gasteiger partial charge in [0.05, 0.1) is 0 Å². The highest BCUT2D eigenvalue weighted by Gasteiger charge is 2.26. The van der Waals surface area contributed by atoms with Crippen molar-refractivity contribution >= 4 is 21.6 Å². The number of alkyl halides is 1. The van der Waals surface area contributed by atoms with Crippen LogP contribution < -0.4 is 4.90 Å². The smallest absolute Gasteiger partial charge is 0.149 e. The van der Waals surface area contributed by atoms with Crippen LogP contribution in [0.5, 0.6) is 0 Å². The van der Waals surface area contributed by atoms with E-state index in [-0.39, 0.29) is 5.69 Å². The summed E-state index contributed by atoms with van der Waals surface area (Å²) in [5.74, 6) is -0.967. The maximum absolute atomic E-state index is 14.1. The van der Waals surface area contributed by atoms with Gasteiger partial charge in [0, 0.05) is 25.0 Å². The summed E-state index contributed by atoms with van der Waals surface area (Å²) < 4.78 is 28.2. The molecule has 1 aromatic carbocycles. The molecule has 1 fully saturated rings. The van der Waals surface area contributed by atoms with Crippen molar-refractivity contribution in [1.29, 1.82) is 0 Å². The Morgan fingerprint density at radius 3 is 2.55 bits per heavy atom. The van der Waals surface area contributed by atoms with E-state index in [1.165, 1.54) is 18.6 Å². The molecule has 0 bridgehead atoms. The van der Waals surface area contributed by atoms with E-state index >= 15 is 0 Å². The third kappa shape index (κ3) is 3.31. The molecular weight excluding hydrogens is 326 g/mol. The molecule has 1 aromatic rings. The molecule has 0 amide bonds. The van der Waals surface area contributed by atoms with Gasteiger partial charge in [-0.2, -0.15) is 0 Å². The van der Waals surface area contributed by atoms with Crippen molar-refractivity contribution in [2.24, 2.45) is 0 Å². The molecular formula is C15H21BrF2N2. The molecule has 0 aliphatic carbocycles. The minimum atomic E-state index is -0.483. The summed E-state index contributed by atoms with van der Waals surface area (Å²) in [6.07, 6.45) is 2.26. The summed E-state index contributed by atoms with van der Waals surface area (Å²) in [6.45, 7) is 4.87. The van der Waals surface area contributed by atoms with Gasteiger partial charge in [-0.25, -0.2) is 8.78 Å². The quantitative estimate of drug-likeness (QED) is 0.748. The molecule has 0 N–H and O–H groups in total. The number of rotatable bonds is 5. The minimum absolute atomic E-state index is 0.0812. The average Bonchev–Trinajstić information content (AvgIpc) is 2.84. The molecule has 2 rings (SSSR count). The number of anilines is 1. The van der Waals surface area contributed by atoms with E-state index in [4.69, 9.17) is 0 Å². The molecule has 0 aromatic heterocycles. The Kier molecular flexibility index (Phi) is 5.38. The topological polar surface area (TPSA) is 6.48 Å². The second kappa shape index (κ2) is 6.85. The van der Waals surface area contributed by atoms with E-state index in [0.29, 0.717) is 23.5 Å². The molecule has 0 saturated carbocycles. The third-order valence-corrected chi connectivity index (χ3v) is 4.65. The number of likely N-dealkylation sites (N-methyl/N-ethyl adjacent to an activating group) is 2. The van der Waals surface area contributed by atoms with Gasteiger partial charge in [-0.05, 0) is 43.6 Å².